The Morgan fingerprint density at radius 1 is 1.10 bits per heavy atom. The molecular formula is C20H21ClN2O6S. The number of nitrogens with one attached hydrogen (secondary N) is 1. The van der Waals surface area contributed by atoms with Gasteiger partial charge in [0.25, 0.3) is 5.91 Å². The van der Waals surface area contributed by atoms with Crippen LogP contribution in [-0.2, 0) is 19.6 Å². The highest BCUT2D eigenvalue weighted by molar-refractivity contribution is 7.89. The molecule has 1 heterocycles. The summed E-state index contributed by atoms with van der Waals surface area (Å²) < 4.78 is 37.3. The van der Waals surface area contributed by atoms with Crippen LogP contribution >= 0.6 is 11.6 Å². The first kappa shape index (κ1) is 22.1. The number of ether oxygens (including phenoxy) is 2. The summed E-state index contributed by atoms with van der Waals surface area (Å²) in [5, 5.41) is 2.88. The Balaban J connectivity index is 1.68. The quantitative estimate of drug-likeness (QED) is 0.648. The van der Waals surface area contributed by atoms with Crippen LogP contribution in [-0.4, -0.2) is 51.4 Å². The van der Waals surface area contributed by atoms with Gasteiger partial charge in [0.2, 0.25) is 10.0 Å². The zero-order valence-corrected chi connectivity index (χ0v) is 17.8. The predicted molar refractivity (Wildman–Crippen MR) is 111 cm³/mol. The summed E-state index contributed by atoms with van der Waals surface area (Å²) in [7, 11) is -2.48. The summed E-state index contributed by atoms with van der Waals surface area (Å²) in [6.07, 6.45) is 1.60. The summed E-state index contributed by atoms with van der Waals surface area (Å²) in [5.41, 5.74) is 0.807. The minimum Gasteiger partial charge on any atom is -0.482 e. The second kappa shape index (κ2) is 9.46. The molecule has 1 amide bonds. The van der Waals surface area contributed by atoms with Gasteiger partial charge in [-0.15, -0.1) is 0 Å². The monoisotopic (exact) mass is 452 g/mol. The topological polar surface area (TPSA) is 102 Å². The van der Waals surface area contributed by atoms with Crippen LogP contribution in [0.5, 0.6) is 5.75 Å². The first-order valence-electron chi connectivity index (χ1n) is 9.22. The van der Waals surface area contributed by atoms with E-state index in [1.807, 2.05) is 0 Å². The molecule has 0 aliphatic carbocycles. The van der Waals surface area contributed by atoms with E-state index >= 15 is 0 Å². The zero-order valence-electron chi connectivity index (χ0n) is 16.3. The van der Waals surface area contributed by atoms with E-state index < -0.39 is 28.5 Å². The molecule has 0 bridgehead atoms. The van der Waals surface area contributed by atoms with Gasteiger partial charge in [-0.1, -0.05) is 11.6 Å². The van der Waals surface area contributed by atoms with E-state index in [9.17, 15) is 18.0 Å². The third-order valence-corrected chi connectivity index (χ3v) is 6.69. The van der Waals surface area contributed by atoms with Crippen molar-refractivity contribution in [1.29, 1.82) is 0 Å². The normalized spacial score (nSPS) is 14.3. The number of nitrogens with zero attached hydrogens (tertiary/aromatic N) is 1. The summed E-state index contributed by atoms with van der Waals surface area (Å²) in [6.45, 7) is 0.482. The zero-order chi connectivity index (χ0) is 21.7. The van der Waals surface area contributed by atoms with E-state index in [1.54, 1.807) is 12.1 Å². The molecule has 3 rings (SSSR count). The lowest BCUT2D eigenvalue weighted by Gasteiger charge is -2.18. The average molecular weight is 453 g/mol. The van der Waals surface area contributed by atoms with Gasteiger partial charge in [0, 0.05) is 23.8 Å². The molecule has 160 valence electrons. The maximum Gasteiger partial charge on any atom is 0.337 e. The molecule has 1 saturated heterocycles. The number of methoxy groups -OCH3 is 1. The fourth-order valence-electron chi connectivity index (χ4n) is 3.02. The van der Waals surface area contributed by atoms with Crippen LogP contribution in [0, 0.1) is 0 Å². The number of rotatable bonds is 7. The molecule has 0 atom stereocenters. The van der Waals surface area contributed by atoms with E-state index in [0.29, 0.717) is 24.3 Å². The maximum atomic E-state index is 12.9. The lowest BCUT2D eigenvalue weighted by Crippen LogP contribution is -2.28. The average Bonchev–Trinajstić information content (AvgIpc) is 3.28. The number of hydrogen-bond donors (Lipinski definition) is 1. The third kappa shape index (κ3) is 5.10. The van der Waals surface area contributed by atoms with Gasteiger partial charge in [-0.2, -0.15) is 4.31 Å². The Morgan fingerprint density at radius 2 is 1.77 bits per heavy atom. The molecule has 1 aliphatic heterocycles. The van der Waals surface area contributed by atoms with Crippen molar-refractivity contribution in [3.8, 4) is 5.75 Å². The molecule has 0 saturated carbocycles. The minimum absolute atomic E-state index is 0.0579. The molecule has 1 aliphatic rings. The first-order valence-corrected chi connectivity index (χ1v) is 11.0. The summed E-state index contributed by atoms with van der Waals surface area (Å²) in [5.74, 6) is -0.909. The van der Waals surface area contributed by atoms with E-state index in [2.05, 4.69) is 10.1 Å². The second-order valence-electron chi connectivity index (χ2n) is 6.61. The molecule has 8 nitrogen and oxygen atoms in total. The van der Waals surface area contributed by atoms with Crippen LogP contribution in [0.15, 0.2) is 47.4 Å². The summed E-state index contributed by atoms with van der Waals surface area (Å²) in [6, 6.07) is 10.4. The molecule has 0 aromatic heterocycles. The van der Waals surface area contributed by atoms with Gasteiger partial charge >= 0.3 is 5.97 Å². The second-order valence-corrected chi connectivity index (χ2v) is 8.95. The molecule has 0 radical (unpaired) electrons. The molecule has 1 N–H and O–H groups in total. The highest BCUT2D eigenvalue weighted by atomic mass is 35.5. The van der Waals surface area contributed by atoms with Crippen molar-refractivity contribution < 1.29 is 27.5 Å². The molecule has 10 heteroatoms. The third-order valence-electron chi connectivity index (χ3n) is 4.54. The SMILES string of the molecule is COC(=O)c1ccc(NC(=O)COc2ccc(Cl)cc2S(=O)(=O)N2CCCC2)cc1. The fourth-order valence-corrected chi connectivity index (χ4v) is 4.93. The Bertz CT molecular complexity index is 1030. The van der Waals surface area contributed by atoms with Crippen LogP contribution < -0.4 is 10.1 Å². The number of amides is 1. The Kier molecular flexibility index (Phi) is 6.96. The highest BCUT2D eigenvalue weighted by Gasteiger charge is 2.30. The lowest BCUT2D eigenvalue weighted by molar-refractivity contribution is -0.118. The van der Waals surface area contributed by atoms with Crippen molar-refractivity contribution in [2.45, 2.75) is 17.7 Å². The van der Waals surface area contributed by atoms with Crippen molar-refractivity contribution in [3.05, 3.63) is 53.1 Å². The lowest BCUT2D eigenvalue weighted by atomic mass is 10.2. The number of halogens is 1. The first-order chi connectivity index (χ1) is 14.3. The van der Waals surface area contributed by atoms with Crippen molar-refractivity contribution in [2.24, 2.45) is 0 Å². The van der Waals surface area contributed by atoms with E-state index in [-0.39, 0.29) is 15.7 Å². The predicted octanol–water partition coefficient (Wildman–Crippen LogP) is 2.93. The van der Waals surface area contributed by atoms with Gasteiger partial charge in [-0.05, 0) is 55.3 Å². The molecule has 30 heavy (non-hydrogen) atoms. The van der Waals surface area contributed by atoms with Gasteiger partial charge < -0.3 is 14.8 Å². The van der Waals surface area contributed by atoms with Gasteiger partial charge in [0.05, 0.1) is 12.7 Å². The van der Waals surface area contributed by atoms with Crippen molar-refractivity contribution in [2.75, 3.05) is 32.1 Å². The number of esters is 1. The number of anilines is 1. The van der Waals surface area contributed by atoms with Crippen molar-refractivity contribution in [3.63, 3.8) is 0 Å². The largest absolute Gasteiger partial charge is 0.482 e. The minimum atomic E-state index is -3.77. The number of carbonyl (C=O) groups is 2. The van der Waals surface area contributed by atoms with Crippen LogP contribution in [0.1, 0.15) is 23.2 Å². The van der Waals surface area contributed by atoms with E-state index in [1.165, 1.54) is 41.7 Å². The highest BCUT2D eigenvalue weighted by Crippen LogP contribution is 2.31. The Morgan fingerprint density at radius 3 is 2.40 bits per heavy atom. The fraction of sp³-hybridized carbons (Fsp3) is 0.300. The number of benzene rings is 2. The van der Waals surface area contributed by atoms with Crippen LogP contribution in [0.4, 0.5) is 5.69 Å². The van der Waals surface area contributed by atoms with Gasteiger partial charge in [-0.25, -0.2) is 13.2 Å². The molecule has 2 aromatic carbocycles. The van der Waals surface area contributed by atoms with Crippen molar-refractivity contribution in [1.82, 2.24) is 4.31 Å². The molecule has 0 unspecified atom stereocenters. The number of sulfonamides is 1. The smallest absolute Gasteiger partial charge is 0.337 e. The molecular weight excluding hydrogens is 432 g/mol. The Hall–Kier alpha value is -2.62. The van der Waals surface area contributed by atoms with E-state index in [4.69, 9.17) is 16.3 Å². The summed E-state index contributed by atoms with van der Waals surface area (Å²) in [4.78, 5) is 23.6. The number of carbonyl (C=O) groups excluding carboxylic acids is 2. The number of hydrogen-bond acceptors (Lipinski definition) is 6. The molecule has 2 aromatic rings. The van der Waals surface area contributed by atoms with Gasteiger partial charge in [0.1, 0.15) is 10.6 Å². The summed E-state index contributed by atoms with van der Waals surface area (Å²) >= 11 is 5.99. The van der Waals surface area contributed by atoms with E-state index in [0.717, 1.165) is 12.8 Å². The molecule has 0 spiro atoms. The van der Waals surface area contributed by atoms with Crippen LogP contribution in [0.3, 0.4) is 0 Å². The van der Waals surface area contributed by atoms with Gasteiger partial charge in [-0.3, -0.25) is 4.79 Å². The maximum absolute atomic E-state index is 12.9. The Labute approximate surface area is 179 Å². The molecule has 1 fully saturated rings. The van der Waals surface area contributed by atoms with Gasteiger partial charge in [0.15, 0.2) is 6.61 Å². The van der Waals surface area contributed by atoms with Crippen molar-refractivity contribution >= 4 is 39.2 Å². The standard InChI is InChI=1S/C20H21ClN2O6S/c1-28-20(25)14-4-7-16(8-5-14)22-19(24)13-29-17-9-6-15(21)12-18(17)30(26,27)23-10-2-3-11-23/h4-9,12H,2-3,10-11,13H2,1H3,(H,22,24). The van der Waals surface area contributed by atoms with Crippen LogP contribution in [0.2, 0.25) is 5.02 Å². The van der Waals surface area contributed by atoms with Crippen LogP contribution in [0.25, 0.3) is 0 Å².